The van der Waals surface area contributed by atoms with E-state index in [2.05, 4.69) is 20.6 Å². The van der Waals surface area contributed by atoms with Gasteiger partial charge in [-0.15, -0.1) is 22.7 Å². The Bertz CT molecular complexity index is 1600. The van der Waals surface area contributed by atoms with Crippen molar-refractivity contribution in [3.05, 3.63) is 115 Å². The molecule has 0 unspecified atom stereocenters. The standard InChI is InChI=1S/C26H16N6O6S2/c33-23(29-25-27-21(13-39-25)15-5-9-19(10-6-15)31(35)36)17-1-2-18(4-3-17)24(34)30-26-28-22(14-40-26)16-7-11-20(12-8-16)32(37)38/h1-14H,(H,27,29,33)(H,28,30,34). The maximum atomic E-state index is 12.7. The van der Waals surface area contributed by atoms with Crippen LogP contribution in [-0.4, -0.2) is 31.6 Å². The van der Waals surface area contributed by atoms with Crippen molar-refractivity contribution in [1.29, 1.82) is 0 Å². The van der Waals surface area contributed by atoms with Gasteiger partial charge in [0.2, 0.25) is 0 Å². The molecule has 3 aromatic carbocycles. The molecule has 198 valence electrons. The van der Waals surface area contributed by atoms with Gasteiger partial charge in [0.25, 0.3) is 23.2 Å². The molecule has 2 heterocycles. The van der Waals surface area contributed by atoms with Crippen molar-refractivity contribution in [1.82, 2.24) is 9.97 Å². The molecule has 12 nitrogen and oxygen atoms in total. The second-order valence-electron chi connectivity index (χ2n) is 8.17. The lowest BCUT2D eigenvalue weighted by atomic mass is 10.1. The second-order valence-corrected chi connectivity index (χ2v) is 9.89. The minimum absolute atomic E-state index is 0.0247. The SMILES string of the molecule is O=C(Nc1nc(-c2ccc([N+](=O)[O-])cc2)cs1)c1ccc(C(=O)Nc2nc(-c3ccc([N+](=O)[O-])cc3)cs2)cc1. The molecule has 5 aromatic rings. The van der Waals surface area contributed by atoms with Crippen LogP contribution in [0.2, 0.25) is 0 Å². The Labute approximate surface area is 233 Å². The molecule has 0 spiro atoms. The Morgan fingerprint density at radius 2 is 0.950 bits per heavy atom. The Balaban J connectivity index is 1.19. The van der Waals surface area contributed by atoms with Crippen LogP contribution < -0.4 is 10.6 Å². The zero-order valence-electron chi connectivity index (χ0n) is 20.1. The lowest BCUT2D eigenvalue weighted by molar-refractivity contribution is -0.385. The summed E-state index contributed by atoms with van der Waals surface area (Å²) in [5, 5.41) is 31.2. The van der Waals surface area contributed by atoms with Crippen LogP contribution in [-0.2, 0) is 0 Å². The van der Waals surface area contributed by atoms with Gasteiger partial charge in [-0.1, -0.05) is 0 Å². The van der Waals surface area contributed by atoms with Gasteiger partial charge in [0.15, 0.2) is 10.3 Å². The molecule has 14 heteroatoms. The number of benzene rings is 3. The zero-order chi connectivity index (χ0) is 28.2. The van der Waals surface area contributed by atoms with Gasteiger partial charge >= 0.3 is 0 Å². The van der Waals surface area contributed by atoms with E-state index >= 15 is 0 Å². The first-order valence-electron chi connectivity index (χ1n) is 11.4. The predicted molar refractivity (Wildman–Crippen MR) is 151 cm³/mol. The highest BCUT2D eigenvalue weighted by atomic mass is 32.1. The molecule has 5 rings (SSSR count). The molecule has 0 saturated carbocycles. The number of nitro benzene ring substituents is 2. The summed E-state index contributed by atoms with van der Waals surface area (Å²) < 4.78 is 0. The van der Waals surface area contributed by atoms with Gasteiger partial charge in [0.05, 0.1) is 21.2 Å². The Kier molecular flexibility index (Phi) is 7.35. The number of hydrogen-bond donors (Lipinski definition) is 2. The van der Waals surface area contributed by atoms with Crippen molar-refractivity contribution >= 4 is 56.1 Å². The molecule has 0 atom stereocenters. The number of anilines is 2. The fourth-order valence-corrected chi connectivity index (χ4v) is 4.98. The summed E-state index contributed by atoms with van der Waals surface area (Å²) in [6, 6.07) is 17.9. The van der Waals surface area contributed by atoms with E-state index in [4.69, 9.17) is 0 Å². The van der Waals surface area contributed by atoms with Crippen molar-refractivity contribution in [2.75, 3.05) is 10.6 Å². The third-order valence-electron chi connectivity index (χ3n) is 5.61. The highest BCUT2D eigenvalue weighted by Crippen LogP contribution is 2.28. The van der Waals surface area contributed by atoms with Gasteiger partial charge < -0.3 is 0 Å². The quantitative estimate of drug-likeness (QED) is 0.162. The van der Waals surface area contributed by atoms with E-state index in [1.165, 1.54) is 71.2 Å². The van der Waals surface area contributed by atoms with Crippen molar-refractivity contribution in [2.24, 2.45) is 0 Å². The molecule has 2 aromatic heterocycles. The summed E-state index contributed by atoms with van der Waals surface area (Å²) in [6.45, 7) is 0. The number of nitrogens with one attached hydrogen (secondary N) is 2. The van der Waals surface area contributed by atoms with Crippen LogP contribution in [0.15, 0.2) is 83.6 Å². The van der Waals surface area contributed by atoms with Crippen LogP contribution in [0, 0.1) is 20.2 Å². The van der Waals surface area contributed by atoms with Crippen molar-refractivity contribution in [2.45, 2.75) is 0 Å². The average Bonchev–Trinajstić information content (AvgIpc) is 3.63. The van der Waals surface area contributed by atoms with Crippen LogP contribution in [0.25, 0.3) is 22.5 Å². The van der Waals surface area contributed by atoms with Crippen LogP contribution in [0.3, 0.4) is 0 Å². The van der Waals surface area contributed by atoms with Gasteiger partial charge in [0.1, 0.15) is 0 Å². The number of rotatable bonds is 8. The van der Waals surface area contributed by atoms with Gasteiger partial charge in [-0.25, -0.2) is 9.97 Å². The molecule has 2 amide bonds. The monoisotopic (exact) mass is 572 g/mol. The third kappa shape index (κ3) is 5.87. The molecule has 0 radical (unpaired) electrons. The maximum absolute atomic E-state index is 12.7. The largest absolute Gasteiger partial charge is 0.298 e. The fraction of sp³-hybridized carbons (Fsp3) is 0. The van der Waals surface area contributed by atoms with Crippen LogP contribution >= 0.6 is 22.7 Å². The van der Waals surface area contributed by atoms with Gasteiger partial charge in [-0.05, 0) is 48.5 Å². The smallest absolute Gasteiger partial charge is 0.269 e. The first-order valence-corrected chi connectivity index (χ1v) is 13.2. The van der Waals surface area contributed by atoms with E-state index in [1.807, 2.05) is 0 Å². The third-order valence-corrected chi connectivity index (χ3v) is 7.12. The molecule has 0 fully saturated rings. The molecular formula is C26H16N6O6S2. The van der Waals surface area contributed by atoms with Crippen LogP contribution in [0.4, 0.5) is 21.6 Å². The lowest BCUT2D eigenvalue weighted by Crippen LogP contribution is -2.14. The number of nitro groups is 2. The summed E-state index contributed by atoms with van der Waals surface area (Å²) >= 11 is 2.43. The van der Waals surface area contributed by atoms with E-state index < -0.39 is 21.7 Å². The number of nitrogens with zero attached hydrogens (tertiary/aromatic N) is 4. The van der Waals surface area contributed by atoms with Crippen molar-refractivity contribution in [3.63, 3.8) is 0 Å². The van der Waals surface area contributed by atoms with E-state index in [0.717, 1.165) is 0 Å². The van der Waals surface area contributed by atoms with Crippen molar-refractivity contribution < 1.29 is 19.4 Å². The number of amides is 2. The molecule has 0 bridgehead atoms. The minimum Gasteiger partial charge on any atom is -0.298 e. The number of aromatic nitrogens is 2. The van der Waals surface area contributed by atoms with E-state index in [9.17, 15) is 29.8 Å². The fourth-order valence-electron chi connectivity index (χ4n) is 3.55. The number of hydrogen-bond acceptors (Lipinski definition) is 10. The van der Waals surface area contributed by atoms with Gasteiger partial charge in [0, 0.05) is 57.3 Å². The van der Waals surface area contributed by atoms with Crippen LogP contribution in [0.1, 0.15) is 20.7 Å². The summed E-state index contributed by atoms with van der Waals surface area (Å²) in [6.07, 6.45) is 0. The molecule has 0 aliphatic heterocycles. The van der Waals surface area contributed by atoms with E-state index in [1.54, 1.807) is 35.0 Å². The highest BCUT2D eigenvalue weighted by molar-refractivity contribution is 7.14. The minimum atomic E-state index is -0.481. The van der Waals surface area contributed by atoms with E-state index in [0.29, 0.717) is 43.9 Å². The molecular weight excluding hydrogens is 556 g/mol. The summed E-state index contributed by atoms with van der Waals surface area (Å²) in [5.74, 6) is -0.826. The zero-order valence-corrected chi connectivity index (χ0v) is 21.8. The Hall–Kier alpha value is -5.34. The van der Waals surface area contributed by atoms with Crippen LogP contribution in [0.5, 0.6) is 0 Å². The summed E-state index contributed by atoms with van der Waals surface area (Å²) in [4.78, 5) is 54.8. The average molecular weight is 573 g/mol. The number of non-ortho nitro benzene ring substituents is 2. The Morgan fingerprint density at radius 1 is 0.600 bits per heavy atom. The lowest BCUT2D eigenvalue weighted by Gasteiger charge is -2.05. The second kappa shape index (κ2) is 11.2. The van der Waals surface area contributed by atoms with E-state index in [-0.39, 0.29) is 11.4 Å². The first kappa shape index (κ1) is 26.3. The topological polar surface area (TPSA) is 170 Å². The highest BCUT2D eigenvalue weighted by Gasteiger charge is 2.14. The molecule has 2 N–H and O–H groups in total. The number of carbonyl (C=O) groups excluding carboxylic acids is 2. The first-order chi connectivity index (χ1) is 19.3. The molecule has 40 heavy (non-hydrogen) atoms. The van der Waals surface area contributed by atoms with Crippen molar-refractivity contribution in [3.8, 4) is 22.5 Å². The summed E-state index contributed by atoms with van der Waals surface area (Å²) in [7, 11) is 0. The normalized spacial score (nSPS) is 10.6. The van der Waals surface area contributed by atoms with Gasteiger partial charge in [-0.3, -0.25) is 40.5 Å². The number of thiazole rings is 2. The molecule has 0 saturated heterocycles. The summed E-state index contributed by atoms with van der Waals surface area (Å²) in [5.41, 5.74) is 3.08. The maximum Gasteiger partial charge on any atom is 0.269 e. The predicted octanol–water partition coefficient (Wildman–Crippen LogP) is 6.25. The molecule has 0 aliphatic carbocycles. The van der Waals surface area contributed by atoms with Gasteiger partial charge in [-0.2, -0.15) is 0 Å². The Morgan fingerprint density at radius 3 is 1.27 bits per heavy atom. The number of carbonyl (C=O) groups is 2. The molecule has 0 aliphatic rings.